The van der Waals surface area contributed by atoms with Gasteiger partial charge in [0, 0.05) is 59.7 Å². The van der Waals surface area contributed by atoms with Gasteiger partial charge in [-0.25, -0.2) is 12.8 Å². The van der Waals surface area contributed by atoms with E-state index >= 15 is 0 Å². The molecule has 0 saturated heterocycles. The Hall–Kier alpha value is -2.83. The predicted octanol–water partition coefficient (Wildman–Crippen LogP) is 3.83. The molecule has 0 fully saturated rings. The van der Waals surface area contributed by atoms with Crippen molar-refractivity contribution in [3.63, 3.8) is 0 Å². The van der Waals surface area contributed by atoms with Gasteiger partial charge < -0.3 is 14.2 Å². The summed E-state index contributed by atoms with van der Waals surface area (Å²) in [7, 11) is -1.85. The van der Waals surface area contributed by atoms with Gasteiger partial charge in [0.15, 0.2) is 15.6 Å². The van der Waals surface area contributed by atoms with E-state index in [1.165, 1.54) is 41.0 Å². The van der Waals surface area contributed by atoms with Gasteiger partial charge in [-0.3, -0.25) is 9.59 Å². The van der Waals surface area contributed by atoms with Gasteiger partial charge in [0.05, 0.1) is 11.8 Å². The van der Waals surface area contributed by atoms with Gasteiger partial charge in [0.2, 0.25) is 0 Å². The summed E-state index contributed by atoms with van der Waals surface area (Å²) in [6.07, 6.45) is 3.26. The SMILES string of the molecule is CCCC[S+]([O-])N[C@@H](CCO)c1cc(=O)n(C)cc1-c1cc(CS(=O)(=O)CC)ccc1C(=O)c1ccc(F)cc1. The Morgan fingerprint density at radius 3 is 2.45 bits per heavy atom. The first-order chi connectivity index (χ1) is 19.0. The lowest BCUT2D eigenvalue weighted by molar-refractivity contribution is 0.103. The molecule has 216 valence electrons. The molecule has 3 rings (SSSR count). The minimum absolute atomic E-state index is 0.0598. The molecular formula is C29H35FN2O6S2. The number of aliphatic hydroxyl groups excluding tert-OH is 1. The second-order valence-corrected chi connectivity index (χ2v) is 13.3. The number of nitrogens with zero attached hydrogens (tertiary/aromatic N) is 1. The van der Waals surface area contributed by atoms with E-state index in [0.29, 0.717) is 28.0 Å². The molecule has 0 aliphatic rings. The highest BCUT2D eigenvalue weighted by atomic mass is 32.2. The largest absolute Gasteiger partial charge is 0.598 e. The number of halogens is 1. The van der Waals surface area contributed by atoms with Crippen molar-refractivity contribution in [3.8, 4) is 11.1 Å². The average molecular weight is 591 g/mol. The molecule has 1 unspecified atom stereocenters. The number of aryl methyl sites for hydroxylation is 1. The molecule has 0 spiro atoms. The second kappa shape index (κ2) is 14.2. The summed E-state index contributed by atoms with van der Waals surface area (Å²) < 4.78 is 55.6. The van der Waals surface area contributed by atoms with Crippen molar-refractivity contribution in [1.82, 2.24) is 9.29 Å². The van der Waals surface area contributed by atoms with Gasteiger partial charge in [0.1, 0.15) is 11.6 Å². The highest BCUT2D eigenvalue weighted by molar-refractivity contribution is 7.90. The third-order valence-electron chi connectivity index (χ3n) is 6.56. The molecule has 2 aromatic carbocycles. The summed E-state index contributed by atoms with van der Waals surface area (Å²) in [5.41, 5.74) is 1.79. The third kappa shape index (κ3) is 8.11. The minimum Gasteiger partial charge on any atom is -0.598 e. The number of aromatic nitrogens is 1. The average Bonchev–Trinajstić information content (AvgIpc) is 2.92. The summed E-state index contributed by atoms with van der Waals surface area (Å²) in [5.74, 6) is -0.834. The number of unbranched alkanes of at least 4 members (excludes halogenated alkanes) is 1. The minimum atomic E-state index is -3.40. The van der Waals surface area contributed by atoms with Crippen LogP contribution in [-0.4, -0.2) is 46.5 Å². The number of pyridine rings is 1. The van der Waals surface area contributed by atoms with Crippen LogP contribution in [0.1, 0.15) is 66.2 Å². The Morgan fingerprint density at radius 1 is 1.12 bits per heavy atom. The molecule has 3 aromatic rings. The standard InChI is InChI=1S/C29H35FN2O6S2/c1-4-6-15-39(36)31-27(13-14-33)25-17-28(34)32(3)18-26(25)24-16-20(19-40(37,38)5-2)7-12-23(24)29(35)21-8-10-22(30)11-9-21/h7-12,16-18,27,31,33H,4-6,13-15,19H2,1-3H3/t27-,39?/m0/s1. The van der Waals surface area contributed by atoms with Crippen LogP contribution in [0.15, 0.2) is 59.5 Å². The van der Waals surface area contributed by atoms with Crippen LogP contribution in [0, 0.1) is 5.82 Å². The number of sulfone groups is 1. The second-order valence-electron chi connectivity index (χ2n) is 9.57. The summed E-state index contributed by atoms with van der Waals surface area (Å²) in [5, 5.41) is 9.81. The van der Waals surface area contributed by atoms with Gasteiger partial charge in [-0.2, -0.15) is 0 Å². The number of aliphatic hydroxyl groups is 1. The molecule has 0 radical (unpaired) electrons. The fourth-order valence-electron chi connectivity index (χ4n) is 4.27. The first-order valence-electron chi connectivity index (χ1n) is 13.1. The lowest BCUT2D eigenvalue weighted by Gasteiger charge is -2.24. The molecule has 8 nitrogen and oxygen atoms in total. The molecule has 2 N–H and O–H groups in total. The van der Waals surface area contributed by atoms with Crippen molar-refractivity contribution >= 4 is 27.0 Å². The van der Waals surface area contributed by atoms with Crippen molar-refractivity contribution in [3.05, 3.63) is 93.2 Å². The topological polar surface area (TPSA) is 129 Å². The third-order valence-corrected chi connectivity index (χ3v) is 9.42. The molecule has 0 bridgehead atoms. The van der Waals surface area contributed by atoms with E-state index in [0.717, 1.165) is 12.8 Å². The first-order valence-corrected chi connectivity index (χ1v) is 16.2. The van der Waals surface area contributed by atoms with Crippen LogP contribution >= 0.6 is 0 Å². The molecule has 2 atom stereocenters. The zero-order chi connectivity index (χ0) is 29.4. The number of benzene rings is 2. The molecule has 0 saturated carbocycles. The van der Waals surface area contributed by atoms with E-state index in [9.17, 15) is 32.1 Å². The highest BCUT2D eigenvalue weighted by Gasteiger charge is 2.26. The van der Waals surface area contributed by atoms with Gasteiger partial charge in [-0.15, -0.1) is 4.72 Å². The molecule has 0 amide bonds. The maximum atomic E-state index is 13.6. The van der Waals surface area contributed by atoms with Crippen LogP contribution in [0.25, 0.3) is 11.1 Å². The van der Waals surface area contributed by atoms with E-state index < -0.39 is 38.8 Å². The molecule has 1 aromatic heterocycles. The number of hydrogen-bond acceptors (Lipinski definition) is 7. The Morgan fingerprint density at radius 2 is 1.82 bits per heavy atom. The van der Waals surface area contributed by atoms with E-state index in [1.807, 2.05) is 6.92 Å². The number of carbonyl (C=O) groups excluding carboxylic acids is 1. The van der Waals surface area contributed by atoms with Gasteiger partial charge >= 0.3 is 0 Å². The summed E-state index contributed by atoms with van der Waals surface area (Å²) >= 11 is -1.45. The Bertz CT molecular complexity index is 1490. The number of ketones is 1. The zero-order valence-corrected chi connectivity index (χ0v) is 24.5. The Labute approximate surface area is 237 Å². The summed E-state index contributed by atoms with van der Waals surface area (Å²) in [6.45, 7) is 3.28. The molecule has 40 heavy (non-hydrogen) atoms. The van der Waals surface area contributed by atoms with Gasteiger partial charge in [-0.1, -0.05) is 32.4 Å². The van der Waals surface area contributed by atoms with E-state index in [-0.39, 0.29) is 41.2 Å². The van der Waals surface area contributed by atoms with Crippen LogP contribution in [0.4, 0.5) is 4.39 Å². The predicted molar refractivity (Wildman–Crippen MR) is 156 cm³/mol. The van der Waals surface area contributed by atoms with Crippen molar-refractivity contribution in [2.75, 3.05) is 18.1 Å². The number of nitrogens with one attached hydrogen (secondary N) is 1. The smallest absolute Gasteiger partial charge is 0.250 e. The fourth-order valence-corrected chi connectivity index (χ4v) is 6.39. The van der Waals surface area contributed by atoms with E-state index in [4.69, 9.17) is 0 Å². The number of rotatable bonds is 14. The molecule has 11 heteroatoms. The molecule has 0 aliphatic carbocycles. The van der Waals surface area contributed by atoms with Crippen molar-refractivity contribution in [2.24, 2.45) is 7.05 Å². The fraction of sp³-hybridized carbons (Fsp3) is 0.379. The van der Waals surface area contributed by atoms with Crippen LogP contribution < -0.4 is 10.3 Å². The Balaban J connectivity index is 2.26. The summed E-state index contributed by atoms with van der Waals surface area (Å²) in [6, 6.07) is 10.5. The van der Waals surface area contributed by atoms with Crippen LogP contribution in [-0.2, 0) is 34.0 Å². The van der Waals surface area contributed by atoms with E-state index in [1.54, 1.807) is 32.3 Å². The first kappa shape index (κ1) is 31.7. The normalized spacial score (nSPS) is 13.2. The zero-order valence-electron chi connectivity index (χ0n) is 22.9. The maximum absolute atomic E-state index is 13.6. The van der Waals surface area contributed by atoms with Crippen molar-refractivity contribution < 1.29 is 27.3 Å². The van der Waals surface area contributed by atoms with Crippen molar-refractivity contribution in [1.29, 1.82) is 0 Å². The molecular weight excluding hydrogens is 555 g/mol. The molecule has 1 heterocycles. The number of hydrogen-bond donors (Lipinski definition) is 2. The monoisotopic (exact) mass is 590 g/mol. The highest BCUT2D eigenvalue weighted by Crippen LogP contribution is 2.34. The van der Waals surface area contributed by atoms with Crippen LogP contribution in [0.3, 0.4) is 0 Å². The van der Waals surface area contributed by atoms with Crippen LogP contribution in [0.5, 0.6) is 0 Å². The van der Waals surface area contributed by atoms with Crippen LogP contribution in [0.2, 0.25) is 0 Å². The molecule has 0 aliphatic heterocycles. The maximum Gasteiger partial charge on any atom is 0.250 e. The quantitative estimate of drug-likeness (QED) is 0.216. The summed E-state index contributed by atoms with van der Waals surface area (Å²) in [4.78, 5) is 26.4. The van der Waals surface area contributed by atoms with Gasteiger partial charge in [-0.05, 0) is 59.9 Å². The van der Waals surface area contributed by atoms with Crippen molar-refractivity contribution in [2.45, 2.75) is 44.9 Å². The van der Waals surface area contributed by atoms with E-state index in [2.05, 4.69) is 4.72 Å². The Kier molecular flexibility index (Phi) is 11.2. The van der Waals surface area contributed by atoms with Gasteiger partial charge in [0.25, 0.3) is 5.56 Å². The number of carbonyl (C=O) groups is 1. The lowest BCUT2D eigenvalue weighted by Crippen LogP contribution is -2.33. The lowest BCUT2D eigenvalue weighted by atomic mass is 9.88.